The molecule has 2 N–H and O–H groups in total. The molecule has 3 saturated heterocycles. The Kier molecular flexibility index (Phi) is 9.72. The second kappa shape index (κ2) is 14.1. The summed E-state index contributed by atoms with van der Waals surface area (Å²) in [6.07, 6.45) is 5.80. The summed E-state index contributed by atoms with van der Waals surface area (Å²) in [6, 6.07) is 16.7. The van der Waals surface area contributed by atoms with Crippen molar-refractivity contribution in [3.05, 3.63) is 73.1 Å². The quantitative estimate of drug-likeness (QED) is 0.299. The first kappa shape index (κ1) is 31.8. The zero-order valence-corrected chi connectivity index (χ0v) is 27.2. The number of carbonyl (C=O) groups excluding carboxylic acids is 1. The fourth-order valence-electron chi connectivity index (χ4n) is 6.92. The van der Waals surface area contributed by atoms with Crippen LogP contribution in [-0.2, 0) is 15.2 Å². The van der Waals surface area contributed by atoms with E-state index in [1.54, 1.807) is 7.11 Å². The Bertz CT molecular complexity index is 1500. The molecule has 4 heterocycles. The van der Waals surface area contributed by atoms with Crippen molar-refractivity contribution in [3.8, 4) is 5.75 Å². The predicted molar refractivity (Wildman–Crippen MR) is 183 cm³/mol. The van der Waals surface area contributed by atoms with Crippen LogP contribution in [0.2, 0.25) is 0 Å². The van der Waals surface area contributed by atoms with E-state index >= 15 is 0 Å². The van der Waals surface area contributed by atoms with Gasteiger partial charge in [-0.2, -0.15) is 0 Å². The van der Waals surface area contributed by atoms with Gasteiger partial charge in [0, 0.05) is 63.9 Å². The van der Waals surface area contributed by atoms with E-state index in [-0.39, 0.29) is 11.4 Å². The number of hydroxylamine groups is 1. The molecule has 2 aromatic carbocycles. The van der Waals surface area contributed by atoms with Crippen LogP contribution in [0.3, 0.4) is 0 Å². The summed E-state index contributed by atoms with van der Waals surface area (Å²) in [4.78, 5) is 35.2. The van der Waals surface area contributed by atoms with E-state index in [0.717, 1.165) is 76.3 Å². The molecule has 46 heavy (non-hydrogen) atoms. The zero-order chi connectivity index (χ0) is 32.1. The monoisotopic (exact) mass is 626 g/mol. The number of ether oxygens (including phenoxy) is 1. The highest BCUT2D eigenvalue weighted by Crippen LogP contribution is 2.42. The maximum absolute atomic E-state index is 12.6. The van der Waals surface area contributed by atoms with Crippen molar-refractivity contribution in [2.24, 2.45) is 0 Å². The number of carbonyl (C=O) groups is 1. The van der Waals surface area contributed by atoms with Crippen LogP contribution in [0.1, 0.15) is 38.7 Å². The fourth-order valence-corrected chi connectivity index (χ4v) is 6.92. The number of rotatable bonds is 10. The Hall–Kier alpha value is -4.19. The van der Waals surface area contributed by atoms with E-state index in [1.807, 2.05) is 41.5 Å². The van der Waals surface area contributed by atoms with E-state index < -0.39 is 0 Å². The molecule has 0 unspecified atom stereocenters. The molecule has 0 aliphatic carbocycles. The van der Waals surface area contributed by atoms with E-state index in [0.29, 0.717) is 41.4 Å². The number of likely N-dealkylation sites (N-methyl/N-ethyl adjacent to an activating group) is 1. The van der Waals surface area contributed by atoms with Gasteiger partial charge < -0.3 is 25.2 Å². The predicted octanol–water partition coefficient (Wildman–Crippen LogP) is 5.02. The Balaban J connectivity index is 1.22. The summed E-state index contributed by atoms with van der Waals surface area (Å²) < 4.78 is 5.88. The smallest absolute Gasteiger partial charge is 0.247 e. The number of methoxy groups -OCH3 is 1. The maximum Gasteiger partial charge on any atom is 0.247 e. The van der Waals surface area contributed by atoms with Gasteiger partial charge >= 0.3 is 0 Å². The first-order chi connectivity index (χ1) is 22.4. The van der Waals surface area contributed by atoms with Gasteiger partial charge in [-0.15, -0.1) is 0 Å². The molecule has 1 atom stereocenters. The van der Waals surface area contributed by atoms with Gasteiger partial charge in [0.1, 0.15) is 17.9 Å². The fraction of sp³-hybridized carbons (Fsp3) is 0.457. The lowest BCUT2D eigenvalue weighted by molar-refractivity contribution is -0.111. The third-order valence-electron chi connectivity index (χ3n) is 9.71. The van der Waals surface area contributed by atoms with Crippen LogP contribution >= 0.6 is 0 Å². The molecule has 3 fully saturated rings. The number of nitrogens with one attached hydrogen (secondary N) is 2. The minimum absolute atomic E-state index is 0.267. The van der Waals surface area contributed by atoms with E-state index in [4.69, 9.17) is 9.57 Å². The summed E-state index contributed by atoms with van der Waals surface area (Å²) in [5, 5.41) is 8.32. The van der Waals surface area contributed by atoms with Crippen molar-refractivity contribution < 1.29 is 14.4 Å². The lowest BCUT2D eigenvalue weighted by Gasteiger charge is -2.43. The van der Waals surface area contributed by atoms with E-state index in [9.17, 15) is 4.79 Å². The average molecular weight is 627 g/mol. The molecule has 1 amide bonds. The highest BCUT2D eigenvalue weighted by atomic mass is 16.7. The van der Waals surface area contributed by atoms with E-state index in [2.05, 4.69) is 67.9 Å². The van der Waals surface area contributed by atoms with Crippen LogP contribution in [0.25, 0.3) is 0 Å². The summed E-state index contributed by atoms with van der Waals surface area (Å²) >= 11 is 0. The van der Waals surface area contributed by atoms with Gasteiger partial charge in [-0.1, -0.05) is 43.8 Å². The normalized spacial score (nSPS) is 21.3. The van der Waals surface area contributed by atoms with Crippen molar-refractivity contribution in [1.29, 1.82) is 0 Å². The highest BCUT2D eigenvalue weighted by molar-refractivity contribution is 6.02. The SMILES string of the molecule is C=CC(=O)Nc1cc(Nc2cc(N3OCC[C@]3(C)c3ccccc3)ncn2)c(OC)cc1N1CCC(N2CCN(CC)CC2)CC1. The number of nitrogens with zero attached hydrogens (tertiary/aromatic N) is 6. The Morgan fingerprint density at radius 2 is 1.83 bits per heavy atom. The van der Waals surface area contributed by atoms with Gasteiger partial charge in [-0.25, -0.2) is 15.0 Å². The average Bonchev–Trinajstić information content (AvgIpc) is 3.51. The molecule has 0 radical (unpaired) electrons. The van der Waals surface area contributed by atoms with Gasteiger partial charge in [0.15, 0.2) is 5.82 Å². The summed E-state index contributed by atoms with van der Waals surface area (Å²) in [5.74, 6) is 1.61. The summed E-state index contributed by atoms with van der Waals surface area (Å²) in [6.45, 7) is 16.1. The van der Waals surface area contributed by atoms with Crippen LogP contribution in [-0.4, -0.2) is 91.2 Å². The number of benzene rings is 2. The number of aromatic nitrogens is 2. The standard InChI is InChI=1S/C35H46N8O3/c1-5-34(44)39-28-22-29(31(45-4)23-30(28)42-15-12-27(13-16-42)41-19-17-40(6-2)18-20-41)38-32-24-33(37-25-36-32)43-35(3,14-21-46-43)26-10-8-7-9-11-26/h5,7-11,22-25,27H,1,6,12-21H2,2-4H3,(H,39,44)(H,36,37,38)/t35-/m1/s1. The van der Waals surface area contributed by atoms with Crippen LogP contribution in [0.5, 0.6) is 5.75 Å². The molecular weight excluding hydrogens is 580 g/mol. The second-order valence-electron chi connectivity index (χ2n) is 12.4. The minimum Gasteiger partial charge on any atom is -0.494 e. The van der Waals surface area contributed by atoms with Crippen molar-refractivity contribution in [2.45, 2.75) is 44.7 Å². The molecule has 3 aliphatic heterocycles. The summed E-state index contributed by atoms with van der Waals surface area (Å²) in [5.41, 5.74) is 3.08. The van der Waals surface area contributed by atoms with Crippen molar-refractivity contribution >= 4 is 34.6 Å². The van der Waals surface area contributed by atoms with Crippen molar-refractivity contribution in [2.75, 3.05) is 80.1 Å². The lowest BCUT2D eigenvalue weighted by atomic mass is 9.89. The van der Waals surface area contributed by atoms with Crippen molar-refractivity contribution in [3.63, 3.8) is 0 Å². The lowest BCUT2D eigenvalue weighted by Crippen LogP contribution is -2.53. The number of amides is 1. The minimum atomic E-state index is -0.369. The third kappa shape index (κ3) is 6.67. The number of hydrogen-bond acceptors (Lipinski definition) is 10. The molecule has 0 spiro atoms. The third-order valence-corrected chi connectivity index (χ3v) is 9.71. The molecular formula is C35H46N8O3. The maximum atomic E-state index is 12.6. The van der Waals surface area contributed by atoms with Gasteiger partial charge in [0.25, 0.3) is 0 Å². The molecule has 244 valence electrons. The zero-order valence-electron chi connectivity index (χ0n) is 27.2. The Labute approximate surface area is 272 Å². The number of piperazine rings is 1. The molecule has 0 saturated carbocycles. The first-order valence-electron chi connectivity index (χ1n) is 16.4. The first-order valence-corrected chi connectivity index (χ1v) is 16.4. The van der Waals surface area contributed by atoms with Gasteiger partial charge in [0.2, 0.25) is 5.91 Å². The van der Waals surface area contributed by atoms with Crippen molar-refractivity contribution in [1.82, 2.24) is 19.8 Å². The molecule has 0 bridgehead atoms. The molecule has 3 aromatic rings. The van der Waals surface area contributed by atoms with Gasteiger partial charge in [-0.05, 0) is 44.0 Å². The van der Waals surface area contributed by atoms with E-state index in [1.165, 1.54) is 12.4 Å². The van der Waals surface area contributed by atoms with Gasteiger partial charge in [0.05, 0.1) is 36.3 Å². The molecule has 11 heteroatoms. The van der Waals surface area contributed by atoms with Crippen LogP contribution < -0.4 is 25.3 Å². The number of piperidine rings is 1. The summed E-state index contributed by atoms with van der Waals surface area (Å²) in [7, 11) is 1.66. The largest absolute Gasteiger partial charge is 0.494 e. The Morgan fingerprint density at radius 1 is 1.07 bits per heavy atom. The highest BCUT2D eigenvalue weighted by Gasteiger charge is 2.41. The molecule has 3 aliphatic rings. The number of hydrogen-bond donors (Lipinski definition) is 2. The second-order valence-corrected chi connectivity index (χ2v) is 12.4. The molecule has 1 aromatic heterocycles. The van der Waals surface area contributed by atoms with Crippen LogP contribution in [0.4, 0.5) is 28.7 Å². The molecule has 11 nitrogen and oxygen atoms in total. The number of anilines is 5. The van der Waals surface area contributed by atoms with Gasteiger partial charge in [-0.3, -0.25) is 14.5 Å². The Morgan fingerprint density at radius 3 is 2.52 bits per heavy atom. The molecule has 6 rings (SSSR count). The van der Waals surface area contributed by atoms with Crippen LogP contribution in [0.15, 0.2) is 67.5 Å². The topological polar surface area (TPSA) is 98.3 Å². The van der Waals surface area contributed by atoms with Crippen LogP contribution in [0, 0.1) is 0 Å².